The molecule has 0 radical (unpaired) electrons. The van der Waals surface area contributed by atoms with Crippen molar-refractivity contribution >= 4 is 38.7 Å². The summed E-state index contributed by atoms with van der Waals surface area (Å²) in [4.78, 5) is 0. The smallest absolute Gasteiger partial charge is 0.231 e. The molecule has 1 aliphatic heterocycles. The molecule has 0 saturated carbocycles. The summed E-state index contributed by atoms with van der Waals surface area (Å²) in [6.07, 6.45) is 3.51. The lowest BCUT2D eigenvalue weighted by Gasteiger charge is -2.18. The Morgan fingerprint density at radius 3 is 2.91 bits per heavy atom. The van der Waals surface area contributed by atoms with Crippen LogP contribution in [0.15, 0.2) is 24.3 Å². The fourth-order valence-corrected chi connectivity index (χ4v) is 2.86. The minimum Gasteiger partial charge on any atom is -0.376 e. The summed E-state index contributed by atoms with van der Waals surface area (Å²) in [6.45, 7) is 1.49. The molecule has 1 saturated heterocycles. The van der Waals surface area contributed by atoms with Gasteiger partial charge >= 0.3 is 0 Å². The van der Waals surface area contributed by atoms with E-state index in [9.17, 15) is 8.42 Å². The fourth-order valence-electron chi connectivity index (χ4n) is 2.16. The maximum atomic E-state index is 11.6. The van der Waals surface area contributed by atoms with E-state index in [1.54, 1.807) is 18.2 Å². The van der Waals surface area contributed by atoms with Crippen molar-refractivity contribution in [3.8, 4) is 0 Å². The van der Waals surface area contributed by atoms with Gasteiger partial charge in [-0.1, -0.05) is 6.07 Å². The quantitative estimate of drug-likeness (QED) is 0.791. The summed E-state index contributed by atoms with van der Waals surface area (Å²) >= 11 is 5.24. The molecule has 22 heavy (non-hydrogen) atoms. The van der Waals surface area contributed by atoms with Crippen LogP contribution in [0.2, 0.25) is 0 Å². The van der Waals surface area contributed by atoms with Gasteiger partial charge in [0.25, 0.3) is 0 Å². The first-order valence-corrected chi connectivity index (χ1v) is 9.32. The number of nitrogens with zero attached hydrogens (tertiary/aromatic N) is 1. The Hall–Kier alpha value is -1.38. The van der Waals surface area contributed by atoms with Crippen LogP contribution >= 0.6 is 12.2 Å². The maximum absolute atomic E-state index is 11.6. The van der Waals surface area contributed by atoms with E-state index in [1.807, 2.05) is 6.07 Å². The number of thiocarbonyl (C=S) groups is 1. The molecule has 1 fully saturated rings. The maximum Gasteiger partial charge on any atom is 0.231 e. The molecule has 8 heteroatoms. The summed E-state index contributed by atoms with van der Waals surface area (Å²) in [6, 6.07) is 7.08. The standard InChI is InChI=1S/C14H21N3O3S2/c1-17(22(2,18)19)12-6-3-5-11(9-12)16-14(21)15-10-13-7-4-8-20-13/h3,5-6,9,13H,4,7-8,10H2,1-2H3,(H2,15,16,21)/t13-/m1/s1. The Bertz CT molecular complexity index is 628. The zero-order valence-electron chi connectivity index (χ0n) is 12.7. The van der Waals surface area contributed by atoms with E-state index in [-0.39, 0.29) is 6.10 Å². The van der Waals surface area contributed by atoms with Crippen LogP contribution < -0.4 is 14.9 Å². The largest absolute Gasteiger partial charge is 0.376 e. The minimum absolute atomic E-state index is 0.211. The predicted molar refractivity (Wildman–Crippen MR) is 92.9 cm³/mol. The van der Waals surface area contributed by atoms with Crippen LogP contribution in [0.1, 0.15) is 12.8 Å². The molecule has 2 rings (SSSR count). The van der Waals surface area contributed by atoms with Gasteiger partial charge in [0.1, 0.15) is 0 Å². The molecule has 1 aromatic rings. The second-order valence-electron chi connectivity index (χ2n) is 5.25. The summed E-state index contributed by atoms with van der Waals surface area (Å²) in [7, 11) is -1.77. The molecule has 2 N–H and O–H groups in total. The van der Waals surface area contributed by atoms with Gasteiger partial charge in [-0.25, -0.2) is 8.42 Å². The van der Waals surface area contributed by atoms with E-state index in [1.165, 1.54) is 17.6 Å². The highest BCUT2D eigenvalue weighted by atomic mass is 32.2. The zero-order chi connectivity index (χ0) is 16.2. The molecule has 122 valence electrons. The highest BCUT2D eigenvalue weighted by Gasteiger charge is 2.15. The summed E-state index contributed by atoms with van der Waals surface area (Å²) in [5.41, 5.74) is 1.31. The zero-order valence-corrected chi connectivity index (χ0v) is 14.3. The SMILES string of the molecule is CN(c1cccc(NC(=S)NC[C@H]2CCCO2)c1)S(C)(=O)=O. The van der Waals surface area contributed by atoms with Crippen molar-refractivity contribution in [2.75, 3.05) is 36.1 Å². The molecule has 6 nitrogen and oxygen atoms in total. The molecule has 0 aromatic heterocycles. The van der Waals surface area contributed by atoms with Gasteiger partial charge in [0, 0.05) is 25.9 Å². The lowest BCUT2D eigenvalue weighted by molar-refractivity contribution is 0.114. The van der Waals surface area contributed by atoms with Gasteiger partial charge in [-0.2, -0.15) is 0 Å². The van der Waals surface area contributed by atoms with Gasteiger partial charge in [0.2, 0.25) is 10.0 Å². The van der Waals surface area contributed by atoms with E-state index in [0.717, 1.165) is 25.1 Å². The molecule has 0 unspecified atom stereocenters. The molecule has 1 aromatic carbocycles. The first-order valence-electron chi connectivity index (χ1n) is 7.06. The summed E-state index contributed by atoms with van der Waals surface area (Å²) in [5.74, 6) is 0. The number of hydrogen-bond donors (Lipinski definition) is 2. The molecule has 0 spiro atoms. The molecule has 0 bridgehead atoms. The van der Waals surface area contributed by atoms with E-state index in [2.05, 4.69) is 10.6 Å². The Balaban J connectivity index is 1.93. The predicted octanol–water partition coefficient (Wildman–Crippen LogP) is 1.55. The van der Waals surface area contributed by atoms with Crippen molar-refractivity contribution in [3.63, 3.8) is 0 Å². The van der Waals surface area contributed by atoms with Gasteiger partial charge in [0.05, 0.1) is 18.0 Å². The molecule has 1 heterocycles. The third-order valence-corrected chi connectivity index (χ3v) is 4.93. The highest BCUT2D eigenvalue weighted by molar-refractivity contribution is 7.92. The third kappa shape index (κ3) is 4.82. The van der Waals surface area contributed by atoms with Crippen molar-refractivity contribution in [1.29, 1.82) is 0 Å². The Morgan fingerprint density at radius 1 is 1.50 bits per heavy atom. The number of nitrogens with one attached hydrogen (secondary N) is 2. The first-order chi connectivity index (χ1) is 10.4. The van der Waals surface area contributed by atoms with Crippen molar-refractivity contribution in [2.45, 2.75) is 18.9 Å². The van der Waals surface area contributed by atoms with Crippen LogP contribution in [0.5, 0.6) is 0 Å². The molecule has 1 aliphatic rings. The molecule has 0 amide bonds. The minimum atomic E-state index is -3.28. The van der Waals surface area contributed by atoms with Gasteiger partial charge in [-0.3, -0.25) is 4.31 Å². The van der Waals surface area contributed by atoms with E-state index >= 15 is 0 Å². The van der Waals surface area contributed by atoms with E-state index in [0.29, 0.717) is 17.3 Å². The second-order valence-corrected chi connectivity index (χ2v) is 7.67. The number of benzene rings is 1. The monoisotopic (exact) mass is 343 g/mol. The third-order valence-electron chi connectivity index (χ3n) is 3.48. The van der Waals surface area contributed by atoms with Crippen LogP contribution in [-0.2, 0) is 14.8 Å². The average Bonchev–Trinajstić information content (AvgIpc) is 2.97. The Kier molecular flexibility index (Phi) is 5.60. The second kappa shape index (κ2) is 7.26. The van der Waals surface area contributed by atoms with Crippen LogP contribution in [0.25, 0.3) is 0 Å². The van der Waals surface area contributed by atoms with Gasteiger partial charge in [-0.15, -0.1) is 0 Å². The molecular formula is C14H21N3O3S2. The fraction of sp³-hybridized carbons (Fsp3) is 0.500. The van der Waals surface area contributed by atoms with Crippen LogP contribution in [0, 0.1) is 0 Å². The summed E-state index contributed by atoms with van der Waals surface area (Å²) < 4.78 is 29.9. The number of ether oxygens (including phenoxy) is 1. The number of hydrogen-bond acceptors (Lipinski definition) is 4. The van der Waals surface area contributed by atoms with Crippen molar-refractivity contribution in [3.05, 3.63) is 24.3 Å². The first kappa shape index (κ1) is 17.0. The van der Waals surface area contributed by atoms with Crippen molar-refractivity contribution < 1.29 is 13.2 Å². The normalized spacial score (nSPS) is 18.0. The molecule has 1 atom stereocenters. The van der Waals surface area contributed by atoms with E-state index in [4.69, 9.17) is 17.0 Å². The lowest BCUT2D eigenvalue weighted by Crippen LogP contribution is -2.34. The lowest BCUT2D eigenvalue weighted by atomic mass is 10.2. The van der Waals surface area contributed by atoms with Gasteiger partial charge in [0.15, 0.2) is 5.11 Å². The van der Waals surface area contributed by atoms with E-state index < -0.39 is 10.0 Å². The highest BCUT2D eigenvalue weighted by Crippen LogP contribution is 2.20. The number of sulfonamides is 1. The van der Waals surface area contributed by atoms with Crippen LogP contribution in [0.3, 0.4) is 0 Å². The van der Waals surface area contributed by atoms with Crippen molar-refractivity contribution in [1.82, 2.24) is 5.32 Å². The Labute approximate surface area is 136 Å². The average molecular weight is 343 g/mol. The molecular weight excluding hydrogens is 322 g/mol. The number of anilines is 2. The summed E-state index contributed by atoms with van der Waals surface area (Å²) in [5, 5.41) is 6.67. The van der Waals surface area contributed by atoms with Crippen molar-refractivity contribution in [2.24, 2.45) is 0 Å². The Morgan fingerprint density at radius 2 is 2.27 bits per heavy atom. The van der Waals surface area contributed by atoms with Crippen LogP contribution in [0.4, 0.5) is 11.4 Å². The van der Waals surface area contributed by atoms with Gasteiger partial charge in [-0.05, 0) is 43.3 Å². The topological polar surface area (TPSA) is 70.7 Å². The van der Waals surface area contributed by atoms with Gasteiger partial charge < -0.3 is 15.4 Å². The van der Waals surface area contributed by atoms with Crippen LogP contribution in [-0.4, -0.2) is 46.1 Å². The number of rotatable bonds is 5. The molecule has 0 aliphatic carbocycles.